The molecule has 1 aromatic carbocycles. The number of anilines is 1. The van der Waals surface area contributed by atoms with Gasteiger partial charge in [0.1, 0.15) is 0 Å². The van der Waals surface area contributed by atoms with Crippen molar-refractivity contribution < 1.29 is 4.92 Å². The molecule has 0 atom stereocenters. The largest absolute Gasteiger partial charge is 0.375 e. The lowest BCUT2D eigenvalue weighted by Gasteiger charge is -1.93. The first-order chi connectivity index (χ1) is 9.63. The Morgan fingerprint density at radius 1 is 1.40 bits per heavy atom. The Labute approximate surface area is 117 Å². The van der Waals surface area contributed by atoms with Crippen LogP contribution in [0.15, 0.2) is 29.8 Å². The SMILES string of the molecule is Nc1nc(C=Cc2c[nH]c3ccc([N+](=O)[O-])cc23)cs1. The Morgan fingerprint density at radius 2 is 2.25 bits per heavy atom. The van der Waals surface area contributed by atoms with E-state index < -0.39 is 4.92 Å². The molecule has 0 aliphatic heterocycles. The molecule has 20 heavy (non-hydrogen) atoms. The van der Waals surface area contributed by atoms with E-state index in [2.05, 4.69) is 9.97 Å². The molecule has 0 amide bonds. The number of nitrogen functional groups attached to an aromatic ring is 1. The third kappa shape index (κ3) is 2.26. The highest BCUT2D eigenvalue weighted by atomic mass is 32.1. The van der Waals surface area contributed by atoms with Gasteiger partial charge in [0.2, 0.25) is 0 Å². The molecule has 0 unspecified atom stereocenters. The summed E-state index contributed by atoms with van der Waals surface area (Å²) in [4.78, 5) is 17.6. The minimum absolute atomic E-state index is 0.0738. The minimum Gasteiger partial charge on any atom is -0.375 e. The zero-order chi connectivity index (χ0) is 14.1. The van der Waals surface area contributed by atoms with Gasteiger partial charge in [-0.25, -0.2) is 4.98 Å². The van der Waals surface area contributed by atoms with Gasteiger partial charge in [0.15, 0.2) is 5.13 Å². The van der Waals surface area contributed by atoms with E-state index in [1.807, 2.05) is 17.5 Å². The fraction of sp³-hybridized carbons (Fsp3) is 0. The fourth-order valence-electron chi connectivity index (χ4n) is 1.93. The molecule has 6 nitrogen and oxygen atoms in total. The molecule has 0 fully saturated rings. The van der Waals surface area contributed by atoms with Gasteiger partial charge in [-0.05, 0) is 12.1 Å². The van der Waals surface area contributed by atoms with Crippen LogP contribution in [0.3, 0.4) is 0 Å². The minimum atomic E-state index is -0.402. The second kappa shape index (κ2) is 4.78. The molecule has 0 saturated carbocycles. The summed E-state index contributed by atoms with van der Waals surface area (Å²) >= 11 is 1.37. The molecular weight excluding hydrogens is 276 g/mol. The number of thiazole rings is 1. The maximum atomic E-state index is 10.8. The van der Waals surface area contributed by atoms with Gasteiger partial charge < -0.3 is 10.7 Å². The van der Waals surface area contributed by atoms with Gasteiger partial charge in [-0.15, -0.1) is 11.3 Å². The first-order valence-electron chi connectivity index (χ1n) is 5.78. The van der Waals surface area contributed by atoms with Crippen molar-refractivity contribution in [3.8, 4) is 0 Å². The van der Waals surface area contributed by atoms with Crippen LogP contribution in [-0.4, -0.2) is 14.9 Å². The summed E-state index contributed by atoms with van der Waals surface area (Å²) in [5.41, 5.74) is 8.13. The Balaban J connectivity index is 2.01. The quantitative estimate of drug-likeness (QED) is 0.570. The zero-order valence-corrected chi connectivity index (χ0v) is 11.1. The Morgan fingerprint density at radius 3 is 2.95 bits per heavy atom. The molecule has 7 heteroatoms. The van der Waals surface area contributed by atoms with Gasteiger partial charge in [-0.2, -0.15) is 0 Å². The molecule has 0 aliphatic rings. The van der Waals surface area contributed by atoms with Crippen LogP contribution in [0.5, 0.6) is 0 Å². The molecule has 3 N–H and O–H groups in total. The van der Waals surface area contributed by atoms with Gasteiger partial charge in [0.25, 0.3) is 5.69 Å². The van der Waals surface area contributed by atoms with Gasteiger partial charge >= 0.3 is 0 Å². The molecule has 3 aromatic rings. The highest BCUT2D eigenvalue weighted by Gasteiger charge is 2.09. The summed E-state index contributed by atoms with van der Waals surface area (Å²) in [6, 6.07) is 4.74. The van der Waals surface area contributed by atoms with Crippen molar-refractivity contribution in [2.24, 2.45) is 0 Å². The van der Waals surface area contributed by atoms with Crippen molar-refractivity contribution in [1.82, 2.24) is 9.97 Å². The topological polar surface area (TPSA) is 97.8 Å². The van der Waals surface area contributed by atoms with Gasteiger partial charge in [-0.3, -0.25) is 10.1 Å². The van der Waals surface area contributed by atoms with Crippen LogP contribution < -0.4 is 5.73 Å². The molecule has 2 heterocycles. The van der Waals surface area contributed by atoms with E-state index in [4.69, 9.17) is 5.73 Å². The lowest BCUT2D eigenvalue weighted by Crippen LogP contribution is -1.86. The molecule has 3 rings (SSSR count). The lowest BCUT2D eigenvalue weighted by atomic mass is 10.1. The summed E-state index contributed by atoms with van der Waals surface area (Å²) in [5.74, 6) is 0. The number of nitro groups is 1. The number of non-ortho nitro benzene ring substituents is 1. The van der Waals surface area contributed by atoms with Crippen molar-refractivity contribution in [3.05, 3.63) is 51.1 Å². The predicted octanol–water partition coefficient (Wildman–Crippen LogP) is 3.29. The highest BCUT2D eigenvalue weighted by Crippen LogP contribution is 2.25. The predicted molar refractivity (Wildman–Crippen MR) is 80.4 cm³/mol. The van der Waals surface area contributed by atoms with E-state index in [0.717, 1.165) is 22.2 Å². The molecule has 0 aliphatic carbocycles. The summed E-state index contributed by atoms with van der Waals surface area (Å²) in [5, 5.41) is 14.0. The first-order valence-corrected chi connectivity index (χ1v) is 6.66. The van der Waals surface area contributed by atoms with E-state index in [-0.39, 0.29) is 5.69 Å². The average Bonchev–Trinajstić information content (AvgIpc) is 3.02. The number of hydrogen-bond donors (Lipinski definition) is 2. The van der Waals surface area contributed by atoms with Crippen molar-refractivity contribution in [1.29, 1.82) is 0 Å². The maximum absolute atomic E-state index is 10.8. The standard InChI is InChI=1S/C13H10N4O2S/c14-13-16-9(7-20-13)2-1-8-6-15-12-4-3-10(17(18)19)5-11(8)12/h1-7,15H,(H2,14,16). The van der Waals surface area contributed by atoms with E-state index >= 15 is 0 Å². The number of nitrogens with zero attached hydrogens (tertiary/aromatic N) is 2. The van der Waals surface area contributed by atoms with Crippen LogP contribution in [0.2, 0.25) is 0 Å². The van der Waals surface area contributed by atoms with Crippen LogP contribution in [0.1, 0.15) is 11.3 Å². The number of nitrogens with one attached hydrogen (secondary N) is 1. The fourth-order valence-corrected chi connectivity index (χ4v) is 2.46. The van der Waals surface area contributed by atoms with Crippen LogP contribution in [0.4, 0.5) is 10.8 Å². The Hall–Kier alpha value is -2.67. The summed E-state index contributed by atoms with van der Waals surface area (Å²) in [6.45, 7) is 0. The smallest absolute Gasteiger partial charge is 0.270 e. The van der Waals surface area contributed by atoms with E-state index in [9.17, 15) is 10.1 Å². The summed E-state index contributed by atoms with van der Waals surface area (Å²) in [6.07, 6.45) is 5.49. The van der Waals surface area contributed by atoms with E-state index in [0.29, 0.717) is 5.13 Å². The van der Waals surface area contributed by atoms with Crippen LogP contribution >= 0.6 is 11.3 Å². The van der Waals surface area contributed by atoms with Crippen LogP contribution in [-0.2, 0) is 0 Å². The number of hydrogen-bond acceptors (Lipinski definition) is 5. The molecule has 0 bridgehead atoms. The number of rotatable bonds is 3. The van der Waals surface area contributed by atoms with E-state index in [1.54, 1.807) is 18.3 Å². The first kappa shape index (κ1) is 12.4. The number of nitro benzene ring substituents is 1. The monoisotopic (exact) mass is 286 g/mol. The second-order valence-electron chi connectivity index (χ2n) is 4.17. The Kier molecular flexibility index (Phi) is 2.96. The third-order valence-corrected chi connectivity index (χ3v) is 3.57. The molecule has 2 aromatic heterocycles. The number of fused-ring (bicyclic) bond motifs is 1. The number of nitrogens with two attached hydrogens (primary N) is 1. The molecule has 0 saturated heterocycles. The molecule has 0 spiro atoms. The summed E-state index contributed by atoms with van der Waals surface area (Å²) < 4.78 is 0. The van der Waals surface area contributed by atoms with Gasteiger partial charge in [-0.1, -0.05) is 6.08 Å². The summed E-state index contributed by atoms with van der Waals surface area (Å²) in [7, 11) is 0. The maximum Gasteiger partial charge on any atom is 0.270 e. The van der Waals surface area contributed by atoms with Crippen molar-refractivity contribution in [2.45, 2.75) is 0 Å². The molecule has 100 valence electrons. The third-order valence-electron chi connectivity index (χ3n) is 2.88. The molecular formula is C13H10N4O2S. The molecule has 0 radical (unpaired) electrons. The van der Waals surface area contributed by atoms with Gasteiger partial charge in [0, 0.05) is 40.2 Å². The number of aromatic amines is 1. The van der Waals surface area contributed by atoms with Crippen molar-refractivity contribution in [3.63, 3.8) is 0 Å². The second-order valence-corrected chi connectivity index (χ2v) is 5.06. The highest BCUT2D eigenvalue weighted by molar-refractivity contribution is 7.13. The van der Waals surface area contributed by atoms with Crippen LogP contribution in [0, 0.1) is 10.1 Å². The number of aromatic nitrogens is 2. The van der Waals surface area contributed by atoms with Crippen molar-refractivity contribution >= 4 is 45.2 Å². The van der Waals surface area contributed by atoms with E-state index in [1.165, 1.54) is 17.4 Å². The normalized spacial score (nSPS) is 11.4. The van der Waals surface area contributed by atoms with Crippen molar-refractivity contribution in [2.75, 3.05) is 5.73 Å². The number of benzene rings is 1. The Bertz CT molecular complexity index is 819. The van der Waals surface area contributed by atoms with Crippen LogP contribution in [0.25, 0.3) is 23.1 Å². The number of H-pyrrole nitrogens is 1. The lowest BCUT2D eigenvalue weighted by molar-refractivity contribution is -0.384. The van der Waals surface area contributed by atoms with Gasteiger partial charge in [0.05, 0.1) is 10.6 Å². The zero-order valence-electron chi connectivity index (χ0n) is 10.2. The average molecular weight is 286 g/mol.